The van der Waals surface area contributed by atoms with Gasteiger partial charge in [0.25, 0.3) is 0 Å². The maximum atomic E-state index is 12.6. The zero-order chi connectivity index (χ0) is 18.4. The topological polar surface area (TPSA) is 41.9 Å². The minimum absolute atomic E-state index is 0.140. The summed E-state index contributed by atoms with van der Waals surface area (Å²) in [5, 5.41) is 0. The van der Waals surface area contributed by atoms with Crippen molar-refractivity contribution >= 4 is 23.6 Å². The number of hydrogen-bond donors (Lipinski definition) is 0. The largest absolute Gasteiger partial charge is 0.402 e. The van der Waals surface area contributed by atoms with Crippen LogP contribution < -0.4 is 4.90 Å². The molecule has 1 aliphatic heterocycles. The summed E-state index contributed by atoms with van der Waals surface area (Å²) in [7, 11) is 0. The number of ether oxygens (including phenoxy) is 1. The fourth-order valence-corrected chi connectivity index (χ4v) is 2.63. The molecule has 0 amide bonds. The normalized spacial score (nSPS) is 15.1. The van der Waals surface area contributed by atoms with E-state index < -0.39 is 19.3 Å². The minimum atomic E-state index is -0.547. The summed E-state index contributed by atoms with van der Waals surface area (Å²) in [6, 6.07) is 16.2. The van der Waals surface area contributed by atoms with Gasteiger partial charge in [-0.3, -0.25) is 0 Å². The number of hydrogen-bond acceptors (Lipinski definition) is 4. The maximum Gasteiger partial charge on any atom is 0.363 e. The summed E-state index contributed by atoms with van der Waals surface area (Å²) in [5.41, 5.74) is 2.41. The van der Waals surface area contributed by atoms with Crippen molar-refractivity contribution in [3.05, 3.63) is 71.4 Å². The highest BCUT2D eigenvalue weighted by atomic mass is 19.1. The zero-order valence-electron chi connectivity index (χ0n) is 14.1. The number of rotatable bonds is 7. The van der Waals surface area contributed by atoms with Gasteiger partial charge in [-0.05, 0) is 35.9 Å². The molecule has 0 saturated heterocycles. The molecule has 1 heterocycles. The number of cyclic esters (lactones) is 1. The molecule has 26 heavy (non-hydrogen) atoms. The van der Waals surface area contributed by atoms with Gasteiger partial charge in [0.05, 0.1) is 0 Å². The van der Waals surface area contributed by atoms with Crippen LogP contribution >= 0.6 is 0 Å². The number of benzene rings is 2. The second-order valence-electron chi connectivity index (χ2n) is 5.66. The first kappa shape index (κ1) is 17.8. The van der Waals surface area contributed by atoms with Gasteiger partial charge in [0.15, 0.2) is 5.70 Å². The highest BCUT2D eigenvalue weighted by molar-refractivity contribution is 6.12. The molecule has 1 aliphatic rings. The molecule has 0 N–H and O–H groups in total. The number of nitrogens with zero attached hydrogens (tertiary/aromatic N) is 2. The molecule has 3 rings (SSSR count). The van der Waals surface area contributed by atoms with Crippen LogP contribution in [0.3, 0.4) is 0 Å². The van der Waals surface area contributed by atoms with E-state index in [1.807, 2.05) is 30.3 Å². The summed E-state index contributed by atoms with van der Waals surface area (Å²) >= 11 is 0. The maximum absolute atomic E-state index is 12.6. The van der Waals surface area contributed by atoms with Crippen LogP contribution in [0, 0.1) is 0 Å². The Kier molecular flexibility index (Phi) is 5.73. The Labute approximate surface area is 150 Å². The van der Waals surface area contributed by atoms with Crippen molar-refractivity contribution < 1.29 is 18.3 Å². The average Bonchev–Trinajstić information content (AvgIpc) is 3.03. The van der Waals surface area contributed by atoms with Crippen molar-refractivity contribution in [3.63, 3.8) is 0 Å². The lowest BCUT2D eigenvalue weighted by Gasteiger charge is -2.22. The first-order valence-corrected chi connectivity index (χ1v) is 8.26. The minimum Gasteiger partial charge on any atom is -0.402 e. The van der Waals surface area contributed by atoms with E-state index in [1.165, 1.54) is 0 Å². The van der Waals surface area contributed by atoms with E-state index in [4.69, 9.17) is 4.74 Å². The van der Waals surface area contributed by atoms with Crippen molar-refractivity contribution in [1.29, 1.82) is 0 Å². The van der Waals surface area contributed by atoms with Crippen molar-refractivity contribution in [2.45, 2.75) is 0 Å². The monoisotopic (exact) mass is 356 g/mol. The van der Waals surface area contributed by atoms with Crippen molar-refractivity contribution in [2.24, 2.45) is 4.99 Å². The SMILES string of the molecule is O=C1OC(c2ccccc2)=N/C1=C\c1ccc(N(CCF)CCF)cc1. The molecular weight excluding hydrogens is 338 g/mol. The molecule has 0 aliphatic carbocycles. The molecule has 134 valence electrons. The summed E-state index contributed by atoms with van der Waals surface area (Å²) in [6.45, 7) is -0.813. The molecule has 6 heteroatoms. The molecule has 2 aromatic rings. The lowest BCUT2D eigenvalue weighted by Crippen LogP contribution is -2.27. The van der Waals surface area contributed by atoms with Crippen LogP contribution in [0.25, 0.3) is 6.08 Å². The highest BCUT2D eigenvalue weighted by Crippen LogP contribution is 2.21. The molecule has 0 atom stereocenters. The number of carbonyl (C=O) groups is 1. The van der Waals surface area contributed by atoms with Crippen LogP contribution in [0.2, 0.25) is 0 Å². The third kappa shape index (κ3) is 4.14. The Morgan fingerprint density at radius 2 is 1.62 bits per heavy atom. The number of anilines is 1. The van der Waals surface area contributed by atoms with Crippen molar-refractivity contribution in [1.82, 2.24) is 0 Å². The summed E-state index contributed by atoms with van der Waals surface area (Å²) in [4.78, 5) is 17.9. The molecule has 4 nitrogen and oxygen atoms in total. The van der Waals surface area contributed by atoms with Crippen LogP contribution in [0.1, 0.15) is 11.1 Å². The van der Waals surface area contributed by atoms with Crippen LogP contribution in [0.5, 0.6) is 0 Å². The van der Waals surface area contributed by atoms with Crippen LogP contribution in [-0.2, 0) is 9.53 Å². The van der Waals surface area contributed by atoms with Gasteiger partial charge in [0, 0.05) is 24.3 Å². The number of halogens is 2. The smallest absolute Gasteiger partial charge is 0.363 e. The van der Waals surface area contributed by atoms with Crippen LogP contribution in [0.4, 0.5) is 14.5 Å². The Bertz CT molecular complexity index is 811. The van der Waals surface area contributed by atoms with E-state index in [0.717, 1.165) is 16.8 Å². The predicted octanol–water partition coefficient (Wildman–Crippen LogP) is 3.78. The molecular formula is C20H18F2N2O2. The van der Waals surface area contributed by atoms with Crippen molar-refractivity contribution in [2.75, 3.05) is 31.3 Å². The second-order valence-corrected chi connectivity index (χ2v) is 5.66. The standard InChI is InChI=1S/C20H18F2N2O2/c21-10-12-24(13-11-22)17-8-6-15(7-9-17)14-18-20(25)26-19(23-18)16-4-2-1-3-5-16/h1-9,14H,10-13H2/b18-14-. The molecule has 2 aromatic carbocycles. The molecule has 0 unspecified atom stereocenters. The third-order valence-corrected chi connectivity index (χ3v) is 3.91. The van der Waals surface area contributed by atoms with Gasteiger partial charge in [-0.25, -0.2) is 18.6 Å². The number of alkyl halides is 2. The van der Waals surface area contributed by atoms with Gasteiger partial charge < -0.3 is 9.64 Å². The lowest BCUT2D eigenvalue weighted by molar-refractivity contribution is -0.129. The zero-order valence-corrected chi connectivity index (χ0v) is 14.1. The molecule has 0 fully saturated rings. The van der Waals surface area contributed by atoms with Crippen LogP contribution in [0.15, 0.2) is 65.3 Å². The second kappa shape index (κ2) is 8.38. The van der Waals surface area contributed by atoms with E-state index in [2.05, 4.69) is 4.99 Å². The fraction of sp³-hybridized carbons (Fsp3) is 0.200. The Morgan fingerprint density at radius 3 is 2.23 bits per heavy atom. The third-order valence-electron chi connectivity index (χ3n) is 3.91. The van der Waals surface area contributed by atoms with Gasteiger partial charge in [0.1, 0.15) is 13.3 Å². The van der Waals surface area contributed by atoms with Crippen LogP contribution in [-0.4, -0.2) is 38.3 Å². The lowest BCUT2D eigenvalue weighted by atomic mass is 10.1. The molecule has 0 aromatic heterocycles. The molecule has 0 radical (unpaired) electrons. The van der Waals surface area contributed by atoms with Crippen molar-refractivity contribution in [3.8, 4) is 0 Å². The quantitative estimate of drug-likeness (QED) is 0.560. The summed E-state index contributed by atoms with van der Waals surface area (Å²) in [5.74, 6) is -0.236. The molecule has 0 bridgehead atoms. The average molecular weight is 356 g/mol. The fourth-order valence-electron chi connectivity index (χ4n) is 2.63. The first-order chi connectivity index (χ1) is 12.7. The van der Waals surface area contributed by atoms with E-state index in [0.29, 0.717) is 0 Å². The highest BCUT2D eigenvalue weighted by Gasteiger charge is 2.23. The van der Waals surface area contributed by atoms with Gasteiger partial charge in [0.2, 0.25) is 5.90 Å². The Balaban J connectivity index is 1.79. The number of esters is 1. The van der Waals surface area contributed by atoms with Gasteiger partial charge >= 0.3 is 5.97 Å². The Morgan fingerprint density at radius 1 is 0.962 bits per heavy atom. The molecule has 0 spiro atoms. The van der Waals surface area contributed by atoms with Gasteiger partial charge in [-0.2, -0.15) is 0 Å². The number of carbonyl (C=O) groups excluding carboxylic acids is 1. The van der Waals surface area contributed by atoms with E-state index >= 15 is 0 Å². The van der Waals surface area contributed by atoms with Gasteiger partial charge in [-0.1, -0.05) is 30.3 Å². The Hall–Kier alpha value is -3.02. The predicted molar refractivity (Wildman–Crippen MR) is 97.7 cm³/mol. The van der Waals surface area contributed by atoms with Gasteiger partial charge in [-0.15, -0.1) is 0 Å². The summed E-state index contributed by atoms with van der Waals surface area (Å²) < 4.78 is 30.4. The van der Waals surface area contributed by atoms with E-state index in [9.17, 15) is 13.6 Å². The van der Waals surface area contributed by atoms with E-state index in [1.54, 1.807) is 35.2 Å². The first-order valence-electron chi connectivity index (χ1n) is 8.26. The number of aliphatic imine (C=N–C) groups is 1. The molecule has 0 saturated carbocycles. The summed E-state index contributed by atoms with van der Waals surface area (Å²) in [6.07, 6.45) is 1.62. The van der Waals surface area contributed by atoms with E-state index in [-0.39, 0.29) is 24.7 Å².